The van der Waals surface area contributed by atoms with E-state index in [9.17, 15) is 9.18 Å². The first-order chi connectivity index (χ1) is 14.7. The standard InChI is InChI=1S/C24H26FN3O2/c25-20-7-4-8-22(15-20)30-14-12-21-16-23(27-26-21)19-11-13-28(17-19)24(29)10-9-18-5-2-1-3-6-18/h1-8,15-16,19H,9-14,17H2,(H,26,27)/t19-/m0/s1. The number of H-pyrrole nitrogens is 1. The molecule has 1 fully saturated rings. The van der Waals surface area contributed by atoms with Crippen LogP contribution in [0.15, 0.2) is 60.7 Å². The summed E-state index contributed by atoms with van der Waals surface area (Å²) in [4.78, 5) is 14.5. The van der Waals surface area contributed by atoms with E-state index in [1.54, 1.807) is 12.1 Å². The third-order valence-electron chi connectivity index (χ3n) is 5.52. The van der Waals surface area contributed by atoms with Crippen LogP contribution in [-0.2, 0) is 17.6 Å². The lowest BCUT2D eigenvalue weighted by Crippen LogP contribution is -2.28. The molecule has 0 saturated carbocycles. The van der Waals surface area contributed by atoms with Gasteiger partial charge in [-0.05, 0) is 36.6 Å². The number of aryl methyl sites for hydroxylation is 1. The van der Waals surface area contributed by atoms with Crippen LogP contribution in [0.2, 0.25) is 0 Å². The lowest BCUT2D eigenvalue weighted by atomic mass is 10.0. The molecule has 1 amide bonds. The molecule has 2 aromatic carbocycles. The number of amides is 1. The molecule has 5 nitrogen and oxygen atoms in total. The molecule has 1 aromatic heterocycles. The number of benzene rings is 2. The Morgan fingerprint density at radius 2 is 2.00 bits per heavy atom. The van der Waals surface area contributed by atoms with E-state index in [2.05, 4.69) is 28.4 Å². The Morgan fingerprint density at radius 3 is 2.83 bits per heavy atom. The number of rotatable bonds is 8. The van der Waals surface area contributed by atoms with Gasteiger partial charge in [0, 0.05) is 43.6 Å². The van der Waals surface area contributed by atoms with Crippen molar-refractivity contribution in [3.8, 4) is 5.75 Å². The van der Waals surface area contributed by atoms with Gasteiger partial charge in [-0.2, -0.15) is 5.10 Å². The number of ether oxygens (including phenoxy) is 1. The van der Waals surface area contributed by atoms with Crippen LogP contribution in [0.5, 0.6) is 5.75 Å². The predicted octanol–water partition coefficient (Wildman–Crippen LogP) is 4.12. The largest absolute Gasteiger partial charge is 0.493 e. The number of aromatic nitrogens is 2. The number of halogens is 1. The van der Waals surface area contributed by atoms with Crippen molar-refractivity contribution < 1.29 is 13.9 Å². The van der Waals surface area contributed by atoms with Gasteiger partial charge in [0.1, 0.15) is 11.6 Å². The van der Waals surface area contributed by atoms with Crippen molar-refractivity contribution in [3.63, 3.8) is 0 Å². The summed E-state index contributed by atoms with van der Waals surface area (Å²) in [6.45, 7) is 1.95. The first-order valence-electron chi connectivity index (χ1n) is 10.4. The minimum Gasteiger partial charge on any atom is -0.493 e. The van der Waals surface area contributed by atoms with Crippen LogP contribution in [-0.4, -0.2) is 40.7 Å². The summed E-state index contributed by atoms with van der Waals surface area (Å²) in [5.41, 5.74) is 3.17. The number of carbonyl (C=O) groups is 1. The highest BCUT2D eigenvalue weighted by molar-refractivity contribution is 5.76. The molecule has 0 unspecified atom stereocenters. The number of carbonyl (C=O) groups excluding carboxylic acids is 1. The van der Waals surface area contributed by atoms with Crippen LogP contribution in [0, 0.1) is 5.82 Å². The Kier molecular flexibility index (Phi) is 6.42. The lowest BCUT2D eigenvalue weighted by molar-refractivity contribution is -0.130. The van der Waals surface area contributed by atoms with E-state index in [0.29, 0.717) is 25.2 Å². The summed E-state index contributed by atoms with van der Waals surface area (Å²) in [6.07, 6.45) is 2.91. The van der Waals surface area contributed by atoms with Crippen LogP contribution >= 0.6 is 0 Å². The maximum absolute atomic E-state index is 13.2. The second kappa shape index (κ2) is 9.57. The third-order valence-corrected chi connectivity index (χ3v) is 5.52. The minimum absolute atomic E-state index is 0.209. The van der Waals surface area contributed by atoms with E-state index in [0.717, 1.165) is 37.3 Å². The smallest absolute Gasteiger partial charge is 0.222 e. The first-order valence-corrected chi connectivity index (χ1v) is 10.4. The molecule has 0 radical (unpaired) electrons. The number of hydrogen-bond acceptors (Lipinski definition) is 3. The highest BCUT2D eigenvalue weighted by atomic mass is 19.1. The quantitative estimate of drug-likeness (QED) is 0.611. The zero-order valence-corrected chi connectivity index (χ0v) is 16.9. The van der Waals surface area contributed by atoms with Gasteiger partial charge in [0.2, 0.25) is 5.91 Å². The van der Waals surface area contributed by atoms with Crippen LogP contribution in [0.1, 0.15) is 35.7 Å². The van der Waals surface area contributed by atoms with Crippen molar-refractivity contribution in [1.29, 1.82) is 0 Å². The van der Waals surface area contributed by atoms with Crippen LogP contribution in [0.4, 0.5) is 4.39 Å². The van der Waals surface area contributed by atoms with Crippen molar-refractivity contribution >= 4 is 5.91 Å². The van der Waals surface area contributed by atoms with Gasteiger partial charge in [0.15, 0.2) is 0 Å². The molecule has 0 aliphatic carbocycles. The Balaban J connectivity index is 1.23. The van der Waals surface area contributed by atoms with E-state index in [4.69, 9.17) is 4.74 Å². The summed E-state index contributed by atoms with van der Waals surface area (Å²) in [5, 5.41) is 7.51. The van der Waals surface area contributed by atoms with Crippen molar-refractivity contribution in [2.75, 3.05) is 19.7 Å². The van der Waals surface area contributed by atoms with Gasteiger partial charge in [-0.15, -0.1) is 0 Å². The van der Waals surface area contributed by atoms with E-state index in [1.807, 2.05) is 23.1 Å². The summed E-state index contributed by atoms with van der Waals surface area (Å²) >= 11 is 0. The van der Waals surface area contributed by atoms with E-state index >= 15 is 0 Å². The van der Waals surface area contributed by atoms with Crippen molar-refractivity contribution in [3.05, 3.63) is 83.4 Å². The molecule has 0 spiro atoms. The van der Waals surface area contributed by atoms with Gasteiger partial charge >= 0.3 is 0 Å². The van der Waals surface area contributed by atoms with Gasteiger partial charge < -0.3 is 9.64 Å². The molecular weight excluding hydrogens is 381 g/mol. The molecule has 30 heavy (non-hydrogen) atoms. The summed E-state index contributed by atoms with van der Waals surface area (Å²) in [5.74, 6) is 0.691. The molecule has 1 aliphatic heterocycles. The van der Waals surface area contributed by atoms with Crippen LogP contribution in [0.3, 0.4) is 0 Å². The number of nitrogens with zero attached hydrogens (tertiary/aromatic N) is 2. The fourth-order valence-corrected chi connectivity index (χ4v) is 3.83. The number of aromatic amines is 1. The van der Waals surface area contributed by atoms with Crippen molar-refractivity contribution in [1.82, 2.24) is 15.1 Å². The Hall–Kier alpha value is -3.15. The predicted molar refractivity (Wildman–Crippen MR) is 113 cm³/mol. The van der Waals surface area contributed by atoms with E-state index in [1.165, 1.54) is 17.7 Å². The second-order valence-electron chi connectivity index (χ2n) is 7.68. The van der Waals surface area contributed by atoms with Gasteiger partial charge in [0.25, 0.3) is 0 Å². The Bertz CT molecular complexity index is 973. The van der Waals surface area contributed by atoms with Crippen molar-refractivity contribution in [2.24, 2.45) is 0 Å². The second-order valence-corrected chi connectivity index (χ2v) is 7.68. The topological polar surface area (TPSA) is 58.2 Å². The fraction of sp³-hybridized carbons (Fsp3) is 0.333. The van der Waals surface area contributed by atoms with Gasteiger partial charge in [0.05, 0.1) is 12.3 Å². The third kappa shape index (κ3) is 5.26. The summed E-state index contributed by atoms with van der Waals surface area (Å²) < 4.78 is 18.8. The molecule has 4 rings (SSSR count). The Morgan fingerprint density at radius 1 is 1.13 bits per heavy atom. The Labute approximate surface area is 175 Å². The minimum atomic E-state index is -0.305. The van der Waals surface area contributed by atoms with Crippen LogP contribution in [0.25, 0.3) is 0 Å². The average molecular weight is 407 g/mol. The molecule has 1 atom stereocenters. The van der Waals surface area contributed by atoms with E-state index in [-0.39, 0.29) is 17.6 Å². The molecule has 1 N–H and O–H groups in total. The number of likely N-dealkylation sites (tertiary alicyclic amines) is 1. The zero-order chi connectivity index (χ0) is 20.8. The SMILES string of the molecule is O=C(CCc1ccccc1)N1CC[C@H](c2cc(CCOc3cccc(F)c3)[nH]n2)C1. The molecule has 3 aromatic rings. The highest BCUT2D eigenvalue weighted by Crippen LogP contribution is 2.27. The average Bonchev–Trinajstić information content (AvgIpc) is 3.43. The van der Waals surface area contributed by atoms with Gasteiger partial charge in [-0.1, -0.05) is 36.4 Å². The molecule has 2 heterocycles. The molecule has 1 saturated heterocycles. The monoisotopic (exact) mass is 407 g/mol. The molecule has 156 valence electrons. The normalized spacial score (nSPS) is 16.0. The summed E-state index contributed by atoms with van der Waals surface area (Å²) in [7, 11) is 0. The lowest BCUT2D eigenvalue weighted by Gasteiger charge is -2.16. The molecule has 1 aliphatic rings. The maximum atomic E-state index is 13.2. The summed E-state index contributed by atoms with van der Waals surface area (Å²) in [6, 6.07) is 18.3. The van der Waals surface area contributed by atoms with Crippen molar-refractivity contribution in [2.45, 2.75) is 31.6 Å². The zero-order valence-electron chi connectivity index (χ0n) is 16.9. The van der Waals surface area contributed by atoms with Crippen LogP contribution < -0.4 is 4.74 Å². The fourth-order valence-electron chi connectivity index (χ4n) is 3.83. The molecule has 6 heteroatoms. The first kappa shape index (κ1) is 20.1. The molecular formula is C24H26FN3O2. The molecule has 0 bridgehead atoms. The van der Waals surface area contributed by atoms with E-state index < -0.39 is 0 Å². The number of nitrogens with one attached hydrogen (secondary N) is 1. The highest BCUT2D eigenvalue weighted by Gasteiger charge is 2.28. The maximum Gasteiger partial charge on any atom is 0.222 e. The number of hydrogen-bond donors (Lipinski definition) is 1. The van der Waals surface area contributed by atoms with Gasteiger partial charge in [-0.25, -0.2) is 4.39 Å². The van der Waals surface area contributed by atoms with Gasteiger partial charge in [-0.3, -0.25) is 9.89 Å².